The van der Waals surface area contributed by atoms with Gasteiger partial charge in [-0.2, -0.15) is 0 Å². The number of unbranched alkanes of at least 4 members (excludes halogenated alkanes) is 1. The zero-order valence-electron chi connectivity index (χ0n) is 7.48. The van der Waals surface area contributed by atoms with Crippen molar-refractivity contribution in [2.75, 3.05) is 13.1 Å². The SMILES string of the molecule is CCC(Br)C(=O)NCCCCN. The molecule has 0 aromatic heterocycles. The number of halogens is 1. The summed E-state index contributed by atoms with van der Waals surface area (Å²) in [5, 5.41) is 2.83. The molecule has 1 atom stereocenters. The molecule has 3 N–H and O–H groups in total. The van der Waals surface area contributed by atoms with Crippen LogP contribution in [0.1, 0.15) is 26.2 Å². The van der Waals surface area contributed by atoms with Gasteiger partial charge in [0.05, 0.1) is 4.83 Å². The second-order valence-corrected chi connectivity index (χ2v) is 3.77. The summed E-state index contributed by atoms with van der Waals surface area (Å²) < 4.78 is 0. The van der Waals surface area contributed by atoms with Gasteiger partial charge in [0.1, 0.15) is 0 Å². The van der Waals surface area contributed by atoms with E-state index in [1.165, 1.54) is 0 Å². The molecule has 3 nitrogen and oxygen atoms in total. The first kappa shape index (κ1) is 11.9. The van der Waals surface area contributed by atoms with Crippen LogP contribution in [0, 0.1) is 0 Å². The zero-order chi connectivity index (χ0) is 9.40. The van der Waals surface area contributed by atoms with E-state index in [-0.39, 0.29) is 10.7 Å². The minimum atomic E-state index is -0.0459. The highest BCUT2D eigenvalue weighted by Gasteiger charge is 2.10. The number of hydrogen-bond donors (Lipinski definition) is 2. The Morgan fingerprint density at radius 1 is 1.58 bits per heavy atom. The number of amides is 1. The van der Waals surface area contributed by atoms with Crippen molar-refractivity contribution in [1.29, 1.82) is 0 Å². The molecule has 0 radical (unpaired) electrons. The highest BCUT2D eigenvalue weighted by Crippen LogP contribution is 2.03. The van der Waals surface area contributed by atoms with Crippen LogP contribution in [0.3, 0.4) is 0 Å². The Morgan fingerprint density at radius 3 is 2.75 bits per heavy atom. The lowest BCUT2D eigenvalue weighted by Crippen LogP contribution is -2.31. The smallest absolute Gasteiger partial charge is 0.233 e. The molecule has 0 bridgehead atoms. The maximum Gasteiger partial charge on any atom is 0.233 e. The van der Waals surface area contributed by atoms with Crippen LogP contribution in [0.5, 0.6) is 0 Å². The van der Waals surface area contributed by atoms with Crippen molar-refractivity contribution in [1.82, 2.24) is 5.32 Å². The fourth-order valence-corrected chi connectivity index (χ4v) is 0.939. The van der Waals surface area contributed by atoms with E-state index in [0.717, 1.165) is 25.8 Å². The topological polar surface area (TPSA) is 55.1 Å². The second-order valence-electron chi connectivity index (χ2n) is 2.66. The van der Waals surface area contributed by atoms with Crippen molar-refractivity contribution >= 4 is 21.8 Å². The molecule has 0 fully saturated rings. The van der Waals surface area contributed by atoms with E-state index < -0.39 is 0 Å². The highest BCUT2D eigenvalue weighted by molar-refractivity contribution is 9.10. The van der Waals surface area contributed by atoms with Crippen LogP contribution in [-0.4, -0.2) is 23.8 Å². The van der Waals surface area contributed by atoms with E-state index in [1.807, 2.05) is 6.92 Å². The van der Waals surface area contributed by atoms with Crippen LogP contribution in [0.4, 0.5) is 0 Å². The number of nitrogens with two attached hydrogens (primary N) is 1. The first-order valence-corrected chi connectivity index (χ1v) is 5.25. The van der Waals surface area contributed by atoms with E-state index in [9.17, 15) is 4.79 Å². The predicted molar refractivity (Wildman–Crippen MR) is 54.3 cm³/mol. The van der Waals surface area contributed by atoms with Gasteiger partial charge >= 0.3 is 0 Å². The van der Waals surface area contributed by atoms with E-state index >= 15 is 0 Å². The summed E-state index contributed by atoms with van der Waals surface area (Å²) in [6.45, 7) is 3.40. The minimum Gasteiger partial charge on any atom is -0.355 e. The van der Waals surface area contributed by atoms with E-state index in [2.05, 4.69) is 21.2 Å². The number of carbonyl (C=O) groups is 1. The standard InChI is InChI=1S/C8H17BrN2O/c1-2-7(9)8(12)11-6-4-3-5-10/h7H,2-6,10H2,1H3,(H,11,12). The van der Waals surface area contributed by atoms with Crippen LogP contribution < -0.4 is 11.1 Å². The summed E-state index contributed by atoms with van der Waals surface area (Å²) in [6.07, 6.45) is 2.76. The molecular weight excluding hydrogens is 220 g/mol. The van der Waals surface area contributed by atoms with Crippen molar-refractivity contribution in [2.45, 2.75) is 31.0 Å². The molecule has 1 unspecified atom stereocenters. The van der Waals surface area contributed by atoms with Gasteiger partial charge in [0.15, 0.2) is 0 Å². The molecule has 0 saturated heterocycles. The fourth-order valence-electron chi connectivity index (χ4n) is 0.777. The lowest BCUT2D eigenvalue weighted by Gasteiger charge is -2.07. The number of carbonyl (C=O) groups excluding carboxylic acids is 1. The molecule has 0 aliphatic carbocycles. The maximum atomic E-state index is 11.1. The average Bonchev–Trinajstić information content (AvgIpc) is 2.10. The third kappa shape index (κ3) is 5.55. The van der Waals surface area contributed by atoms with Crippen LogP contribution >= 0.6 is 15.9 Å². The molecule has 0 aliphatic rings. The highest BCUT2D eigenvalue weighted by atomic mass is 79.9. The van der Waals surface area contributed by atoms with Gasteiger partial charge in [-0.3, -0.25) is 4.79 Å². The summed E-state index contributed by atoms with van der Waals surface area (Å²) in [4.78, 5) is 11.1. The molecule has 0 saturated carbocycles. The molecule has 0 spiro atoms. The van der Waals surface area contributed by atoms with Crippen LogP contribution in [0.2, 0.25) is 0 Å². The van der Waals surface area contributed by atoms with Gasteiger partial charge in [0.25, 0.3) is 0 Å². The van der Waals surface area contributed by atoms with Gasteiger partial charge in [-0.1, -0.05) is 22.9 Å². The Balaban J connectivity index is 3.31. The lowest BCUT2D eigenvalue weighted by atomic mass is 10.3. The van der Waals surface area contributed by atoms with Gasteiger partial charge in [-0.25, -0.2) is 0 Å². The number of hydrogen-bond acceptors (Lipinski definition) is 2. The van der Waals surface area contributed by atoms with Crippen molar-refractivity contribution < 1.29 is 4.79 Å². The van der Waals surface area contributed by atoms with Gasteiger partial charge in [-0.15, -0.1) is 0 Å². The Labute approximate surface area is 82.2 Å². The fraction of sp³-hybridized carbons (Fsp3) is 0.875. The first-order chi connectivity index (χ1) is 5.72. The predicted octanol–water partition coefficient (Wildman–Crippen LogP) is 1.02. The molecule has 0 heterocycles. The molecule has 4 heteroatoms. The summed E-state index contributed by atoms with van der Waals surface area (Å²) in [5.74, 6) is 0.0783. The van der Waals surface area contributed by atoms with E-state index in [0.29, 0.717) is 6.54 Å². The lowest BCUT2D eigenvalue weighted by molar-refractivity contribution is -0.120. The average molecular weight is 237 g/mol. The van der Waals surface area contributed by atoms with Crippen LogP contribution in [0.15, 0.2) is 0 Å². The molecular formula is C8H17BrN2O. The second kappa shape index (κ2) is 7.55. The van der Waals surface area contributed by atoms with Crippen molar-refractivity contribution in [3.63, 3.8) is 0 Å². The van der Waals surface area contributed by atoms with Crippen molar-refractivity contribution in [3.05, 3.63) is 0 Å². The molecule has 1 amide bonds. The van der Waals surface area contributed by atoms with Gasteiger partial charge in [0.2, 0.25) is 5.91 Å². The van der Waals surface area contributed by atoms with E-state index in [4.69, 9.17) is 5.73 Å². The first-order valence-electron chi connectivity index (χ1n) is 4.34. The van der Waals surface area contributed by atoms with Gasteiger partial charge in [0, 0.05) is 6.54 Å². The number of alkyl halides is 1. The van der Waals surface area contributed by atoms with Crippen molar-refractivity contribution in [3.8, 4) is 0 Å². The van der Waals surface area contributed by atoms with Gasteiger partial charge < -0.3 is 11.1 Å². The normalized spacial score (nSPS) is 12.6. The molecule has 0 aromatic rings. The van der Waals surface area contributed by atoms with Crippen LogP contribution in [-0.2, 0) is 4.79 Å². The summed E-state index contributed by atoms with van der Waals surface area (Å²) in [5.41, 5.74) is 5.31. The summed E-state index contributed by atoms with van der Waals surface area (Å²) in [6, 6.07) is 0. The molecule has 0 aliphatic heterocycles. The Hall–Kier alpha value is -0.0900. The molecule has 0 aromatic carbocycles. The van der Waals surface area contributed by atoms with Crippen molar-refractivity contribution in [2.24, 2.45) is 5.73 Å². The summed E-state index contributed by atoms with van der Waals surface area (Å²) >= 11 is 3.27. The largest absolute Gasteiger partial charge is 0.355 e. The Morgan fingerprint density at radius 2 is 2.25 bits per heavy atom. The quantitative estimate of drug-likeness (QED) is 0.535. The number of nitrogens with one attached hydrogen (secondary N) is 1. The summed E-state index contributed by atoms with van der Waals surface area (Å²) in [7, 11) is 0. The minimum absolute atomic E-state index is 0.0459. The van der Waals surface area contributed by atoms with Gasteiger partial charge in [-0.05, 0) is 25.8 Å². The zero-order valence-corrected chi connectivity index (χ0v) is 9.06. The molecule has 0 rings (SSSR count). The van der Waals surface area contributed by atoms with E-state index in [1.54, 1.807) is 0 Å². The molecule has 72 valence electrons. The Bertz CT molecular complexity index is 130. The maximum absolute atomic E-state index is 11.1. The Kier molecular flexibility index (Phi) is 7.50. The third-order valence-corrected chi connectivity index (χ3v) is 2.64. The third-order valence-electron chi connectivity index (χ3n) is 1.57. The molecule has 12 heavy (non-hydrogen) atoms. The van der Waals surface area contributed by atoms with Crippen LogP contribution in [0.25, 0.3) is 0 Å². The monoisotopic (exact) mass is 236 g/mol. The number of rotatable bonds is 6.